The highest BCUT2D eigenvalue weighted by Gasteiger charge is 2.22. The molecule has 0 amide bonds. The SMILES string of the molecule is CCc1cc[n+](CC(N=Nc2ccc([N+](=O)[O-])cc2[N+](=O)[O-])c2ccc([N+](=O)[O-])cc2)cc1. The van der Waals surface area contributed by atoms with E-state index in [1.54, 1.807) is 12.1 Å². The normalized spacial score (nSPS) is 11.9. The molecule has 0 saturated heterocycles. The number of nitrogens with zero attached hydrogens (tertiary/aromatic N) is 6. The van der Waals surface area contributed by atoms with E-state index in [1.165, 1.54) is 12.1 Å². The number of non-ortho nitro benzene ring substituents is 2. The van der Waals surface area contributed by atoms with Crippen LogP contribution in [0.25, 0.3) is 0 Å². The molecule has 1 unspecified atom stereocenters. The molecule has 0 bridgehead atoms. The van der Waals surface area contributed by atoms with Gasteiger partial charge >= 0.3 is 5.69 Å². The maximum absolute atomic E-state index is 11.4. The molecule has 0 aliphatic carbocycles. The van der Waals surface area contributed by atoms with Crippen LogP contribution in [-0.4, -0.2) is 14.8 Å². The Hall–Kier alpha value is -4.61. The zero-order chi connectivity index (χ0) is 24.0. The third-order valence-corrected chi connectivity index (χ3v) is 4.91. The summed E-state index contributed by atoms with van der Waals surface area (Å²) in [5, 5.41) is 41.5. The number of pyridine rings is 1. The van der Waals surface area contributed by atoms with Crippen molar-refractivity contribution in [2.45, 2.75) is 25.9 Å². The van der Waals surface area contributed by atoms with E-state index in [0.717, 1.165) is 30.2 Å². The van der Waals surface area contributed by atoms with Crippen LogP contribution < -0.4 is 4.57 Å². The summed E-state index contributed by atoms with van der Waals surface area (Å²) >= 11 is 0. The first-order valence-corrected chi connectivity index (χ1v) is 9.84. The Labute approximate surface area is 187 Å². The lowest BCUT2D eigenvalue weighted by Crippen LogP contribution is -2.35. The highest BCUT2D eigenvalue weighted by Crippen LogP contribution is 2.33. The minimum Gasteiger partial charge on any atom is -0.258 e. The molecular weight excluding hydrogens is 432 g/mol. The van der Waals surface area contributed by atoms with E-state index in [9.17, 15) is 30.3 Å². The molecule has 1 heterocycles. The summed E-state index contributed by atoms with van der Waals surface area (Å²) in [4.78, 5) is 31.3. The van der Waals surface area contributed by atoms with Gasteiger partial charge in [-0.15, -0.1) is 5.11 Å². The van der Waals surface area contributed by atoms with E-state index in [2.05, 4.69) is 10.2 Å². The number of hydrogen-bond donors (Lipinski definition) is 0. The molecule has 12 nitrogen and oxygen atoms in total. The van der Waals surface area contributed by atoms with Crippen molar-refractivity contribution in [1.29, 1.82) is 0 Å². The minimum absolute atomic E-state index is 0.0830. The van der Waals surface area contributed by atoms with Gasteiger partial charge in [-0.25, -0.2) is 4.57 Å². The quantitative estimate of drug-likeness (QED) is 0.197. The second-order valence-electron chi connectivity index (χ2n) is 7.02. The first-order chi connectivity index (χ1) is 15.8. The largest absolute Gasteiger partial charge is 0.303 e. The van der Waals surface area contributed by atoms with Crippen LogP contribution in [0, 0.1) is 30.3 Å². The predicted octanol–water partition coefficient (Wildman–Crippen LogP) is 4.79. The third kappa shape index (κ3) is 5.76. The van der Waals surface area contributed by atoms with Crippen molar-refractivity contribution in [3.63, 3.8) is 0 Å². The first-order valence-electron chi connectivity index (χ1n) is 9.84. The molecule has 0 N–H and O–H groups in total. The molecule has 0 fully saturated rings. The van der Waals surface area contributed by atoms with Gasteiger partial charge in [0.15, 0.2) is 30.7 Å². The average molecular weight is 451 g/mol. The molecule has 33 heavy (non-hydrogen) atoms. The fourth-order valence-electron chi connectivity index (χ4n) is 3.06. The average Bonchev–Trinajstić information content (AvgIpc) is 2.82. The van der Waals surface area contributed by atoms with E-state index in [4.69, 9.17) is 0 Å². The summed E-state index contributed by atoms with van der Waals surface area (Å²) in [7, 11) is 0. The van der Waals surface area contributed by atoms with Crippen LogP contribution in [0.1, 0.15) is 24.1 Å². The Bertz CT molecular complexity index is 1210. The summed E-state index contributed by atoms with van der Waals surface area (Å²) in [5.41, 5.74) is 0.556. The fourth-order valence-corrected chi connectivity index (χ4v) is 3.06. The smallest absolute Gasteiger partial charge is 0.258 e. The molecule has 3 rings (SSSR count). The lowest BCUT2D eigenvalue weighted by molar-refractivity contribution is -0.699. The Morgan fingerprint density at radius 1 is 0.848 bits per heavy atom. The Morgan fingerprint density at radius 3 is 2.00 bits per heavy atom. The van der Waals surface area contributed by atoms with Crippen molar-refractivity contribution in [3.05, 3.63) is 108 Å². The number of rotatable bonds is 9. The van der Waals surface area contributed by atoms with Gasteiger partial charge in [-0.05, 0) is 35.7 Å². The van der Waals surface area contributed by atoms with E-state index >= 15 is 0 Å². The van der Waals surface area contributed by atoms with Gasteiger partial charge in [0.05, 0.1) is 20.8 Å². The highest BCUT2D eigenvalue weighted by atomic mass is 16.6. The Balaban J connectivity index is 1.98. The van der Waals surface area contributed by atoms with Crippen molar-refractivity contribution in [2.75, 3.05) is 0 Å². The second-order valence-corrected chi connectivity index (χ2v) is 7.02. The molecule has 1 atom stereocenters. The first kappa shape index (κ1) is 23.1. The molecule has 0 aliphatic rings. The molecule has 168 valence electrons. The maximum atomic E-state index is 11.4. The molecule has 0 aliphatic heterocycles. The molecule has 2 aromatic carbocycles. The van der Waals surface area contributed by atoms with Crippen LogP contribution >= 0.6 is 0 Å². The summed E-state index contributed by atoms with van der Waals surface area (Å²) in [6.07, 6.45) is 4.60. The second kappa shape index (κ2) is 10.1. The molecule has 12 heteroatoms. The van der Waals surface area contributed by atoms with Gasteiger partial charge in [-0.2, -0.15) is 5.11 Å². The molecule has 0 radical (unpaired) electrons. The third-order valence-electron chi connectivity index (χ3n) is 4.91. The molecular formula is C21H19N6O6+. The van der Waals surface area contributed by atoms with E-state index < -0.39 is 32.2 Å². The molecule has 0 saturated carbocycles. The standard InChI is InChI=1S/C21H19N6O6/c1-2-15-9-11-24(12-10-15)14-20(16-3-5-17(6-4-16)25(28)29)23-22-19-8-7-18(26(30)31)13-21(19)27(32)33/h3-13,20H,2,14H2,1H3/q+1. The van der Waals surface area contributed by atoms with Crippen LogP contribution in [-0.2, 0) is 13.0 Å². The zero-order valence-corrected chi connectivity index (χ0v) is 17.5. The van der Waals surface area contributed by atoms with Gasteiger partial charge in [0.1, 0.15) is 0 Å². The van der Waals surface area contributed by atoms with Crippen LogP contribution in [0.5, 0.6) is 0 Å². The number of azo groups is 1. The molecule has 1 aromatic heterocycles. The zero-order valence-electron chi connectivity index (χ0n) is 17.5. The van der Waals surface area contributed by atoms with Crippen LogP contribution in [0.2, 0.25) is 0 Å². The number of nitro groups is 3. The van der Waals surface area contributed by atoms with Gasteiger partial charge in [-0.1, -0.05) is 6.92 Å². The van der Waals surface area contributed by atoms with Crippen molar-refractivity contribution in [3.8, 4) is 0 Å². The van der Waals surface area contributed by atoms with Crippen LogP contribution in [0.15, 0.2) is 77.2 Å². The maximum Gasteiger partial charge on any atom is 0.303 e. The summed E-state index contributed by atoms with van der Waals surface area (Å²) in [5.74, 6) is 0. The topological polar surface area (TPSA) is 158 Å². The number of benzene rings is 2. The van der Waals surface area contributed by atoms with E-state index in [1.807, 2.05) is 36.0 Å². The van der Waals surface area contributed by atoms with Crippen molar-refractivity contribution >= 4 is 22.7 Å². The Morgan fingerprint density at radius 2 is 1.45 bits per heavy atom. The predicted molar refractivity (Wildman–Crippen MR) is 116 cm³/mol. The minimum atomic E-state index is -0.763. The van der Waals surface area contributed by atoms with Crippen molar-refractivity contribution in [1.82, 2.24) is 0 Å². The van der Waals surface area contributed by atoms with Gasteiger partial charge in [0.2, 0.25) is 0 Å². The van der Waals surface area contributed by atoms with Gasteiger partial charge in [0.25, 0.3) is 11.4 Å². The van der Waals surface area contributed by atoms with Crippen molar-refractivity contribution < 1.29 is 19.3 Å². The van der Waals surface area contributed by atoms with Gasteiger partial charge in [-0.3, -0.25) is 30.3 Å². The molecule has 3 aromatic rings. The molecule has 0 spiro atoms. The summed E-state index contributed by atoms with van der Waals surface area (Å²) < 4.78 is 1.86. The fraction of sp³-hybridized carbons (Fsp3) is 0.190. The van der Waals surface area contributed by atoms with Crippen LogP contribution in [0.4, 0.5) is 22.7 Å². The Kier molecular flexibility index (Phi) is 7.08. The van der Waals surface area contributed by atoms with E-state index in [0.29, 0.717) is 12.1 Å². The van der Waals surface area contributed by atoms with Gasteiger partial charge < -0.3 is 0 Å². The van der Waals surface area contributed by atoms with E-state index in [-0.39, 0.29) is 11.4 Å². The van der Waals surface area contributed by atoms with Crippen LogP contribution in [0.3, 0.4) is 0 Å². The highest BCUT2D eigenvalue weighted by molar-refractivity contribution is 5.61. The summed E-state index contributed by atoms with van der Waals surface area (Å²) in [6, 6.07) is 12.2. The number of hydrogen-bond acceptors (Lipinski definition) is 8. The van der Waals surface area contributed by atoms with Gasteiger partial charge in [0, 0.05) is 30.3 Å². The lowest BCUT2D eigenvalue weighted by Gasteiger charge is -2.09. The number of aromatic nitrogens is 1. The lowest BCUT2D eigenvalue weighted by atomic mass is 10.1. The monoisotopic (exact) mass is 451 g/mol. The number of aryl methyl sites for hydroxylation is 1. The van der Waals surface area contributed by atoms with Crippen molar-refractivity contribution in [2.24, 2.45) is 10.2 Å². The summed E-state index contributed by atoms with van der Waals surface area (Å²) in [6.45, 7) is 2.34. The number of nitro benzene ring substituents is 3.